The second kappa shape index (κ2) is 10.2. The molecule has 1 saturated carbocycles. The lowest BCUT2D eigenvalue weighted by molar-refractivity contribution is 0.144. The maximum absolute atomic E-state index is 13.2. The molecule has 35 heavy (non-hydrogen) atoms. The third-order valence-corrected chi connectivity index (χ3v) is 7.25. The molecule has 4 aromatic rings. The van der Waals surface area contributed by atoms with Crippen LogP contribution in [-0.2, 0) is 13.1 Å². The third-order valence-electron chi connectivity index (χ3n) is 7.25. The lowest BCUT2D eigenvalue weighted by Crippen LogP contribution is -2.33. The number of aromatic nitrogens is 5. The van der Waals surface area contributed by atoms with E-state index in [9.17, 15) is 4.79 Å². The molecule has 0 amide bonds. The molecule has 5 rings (SSSR count). The fraction of sp³-hybridized carbons (Fsp3) is 0.481. The van der Waals surface area contributed by atoms with Gasteiger partial charge in [0.25, 0.3) is 5.56 Å². The van der Waals surface area contributed by atoms with Crippen LogP contribution in [0.25, 0.3) is 10.9 Å². The number of H-pyrrole nitrogens is 1. The first kappa shape index (κ1) is 23.5. The third kappa shape index (κ3) is 4.93. The van der Waals surface area contributed by atoms with Crippen LogP contribution in [0, 0.1) is 13.8 Å². The summed E-state index contributed by atoms with van der Waals surface area (Å²) in [5.41, 5.74) is 3.82. The summed E-state index contributed by atoms with van der Waals surface area (Å²) in [6, 6.07) is 10.4. The summed E-state index contributed by atoms with van der Waals surface area (Å²) in [6.07, 6.45) is 8.42. The van der Waals surface area contributed by atoms with Gasteiger partial charge in [0.1, 0.15) is 5.76 Å². The first-order chi connectivity index (χ1) is 17.0. The van der Waals surface area contributed by atoms with Gasteiger partial charge in [0.2, 0.25) is 0 Å². The smallest absolute Gasteiger partial charge is 0.252 e. The predicted molar refractivity (Wildman–Crippen MR) is 135 cm³/mol. The van der Waals surface area contributed by atoms with Gasteiger partial charge < -0.3 is 9.40 Å². The Morgan fingerprint density at radius 3 is 2.74 bits per heavy atom. The number of benzene rings is 1. The van der Waals surface area contributed by atoms with E-state index in [1.807, 2.05) is 29.8 Å². The molecule has 0 radical (unpaired) electrons. The molecule has 1 N–H and O–H groups in total. The molecule has 0 bridgehead atoms. The average molecular weight is 475 g/mol. The van der Waals surface area contributed by atoms with Crippen LogP contribution >= 0.6 is 0 Å². The number of hydrogen-bond acceptors (Lipinski definition) is 6. The van der Waals surface area contributed by atoms with Gasteiger partial charge in [-0.15, -0.1) is 5.10 Å². The van der Waals surface area contributed by atoms with E-state index >= 15 is 0 Å². The molecule has 3 heterocycles. The van der Waals surface area contributed by atoms with Crippen LogP contribution in [0.15, 0.2) is 45.8 Å². The summed E-state index contributed by atoms with van der Waals surface area (Å²) < 4.78 is 7.75. The van der Waals surface area contributed by atoms with Crippen molar-refractivity contribution in [3.63, 3.8) is 0 Å². The Kier molecular flexibility index (Phi) is 6.81. The van der Waals surface area contributed by atoms with E-state index in [-0.39, 0.29) is 11.6 Å². The molecule has 0 spiro atoms. The molecular formula is C27H34N6O2. The van der Waals surface area contributed by atoms with Crippen LogP contribution in [0.2, 0.25) is 0 Å². The highest BCUT2D eigenvalue weighted by molar-refractivity contribution is 5.82. The van der Waals surface area contributed by atoms with E-state index in [0.29, 0.717) is 19.1 Å². The molecule has 1 aliphatic rings. The Balaban J connectivity index is 1.52. The highest BCUT2D eigenvalue weighted by Gasteiger charge is 2.29. The van der Waals surface area contributed by atoms with Crippen molar-refractivity contribution in [2.24, 2.45) is 0 Å². The average Bonchev–Trinajstić information content (AvgIpc) is 3.54. The quantitative estimate of drug-likeness (QED) is 0.368. The van der Waals surface area contributed by atoms with Gasteiger partial charge in [0, 0.05) is 12.1 Å². The maximum Gasteiger partial charge on any atom is 0.252 e. The molecule has 3 aromatic heterocycles. The van der Waals surface area contributed by atoms with Crippen molar-refractivity contribution in [3.8, 4) is 0 Å². The highest BCUT2D eigenvalue weighted by Crippen LogP contribution is 2.33. The van der Waals surface area contributed by atoms with Crippen molar-refractivity contribution < 1.29 is 4.42 Å². The number of rotatable bonds is 8. The van der Waals surface area contributed by atoms with Gasteiger partial charge in [-0.25, -0.2) is 4.68 Å². The van der Waals surface area contributed by atoms with Gasteiger partial charge in [-0.3, -0.25) is 9.69 Å². The van der Waals surface area contributed by atoms with E-state index in [0.717, 1.165) is 52.9 Å². The first-order valence-corrected chi connectivity index (χ1v) is 12.7. The minimum atomic E-state index is -0.0596. The van der Waals surface area contributed by atoms with Crippen LogP contribution in [0.1, 0.15) is 85.8 Å². The number of tetrazole rings is 1. The number of hydrogen-bond donors (Lipinski definition) is 1. The molecule has 1 fully saturated rings. The zero-order valence-corrected chi connectivity index (χ0v) is 20.8. The van der Waals surface area contributed by atoms with Gasteiger partial charge in [0.15, 0.2) is 5.82 Å². The van der Waals surface area contributed by atoms with Crippen molar-refractivity contribution in [1.82, 2.24) is 30.1 Å². The van der Waals surface area contributed by atoms with Crippen molar-refractivity contribution in [1.29, 1.82) is 0 Å². The number of furan rings is 1. The molecule has 0 unspecified atom stereocenters. The number of pyridine rings is 1. The molecule has 1 atom stereocenters. The largest absolute Gasteiger partial charge is 0.468 e. The molecule has 184 valence electrons. The fourth-order valence-electron chi connectivity index (χ4n) is 5.56. The monoisotopic (exact) mass is 474 g/mol. The van der Waals surface area contributed by atoms with Crippen molar-refractivity contribution in [2.45, 2.75) is 84.5 Å². The lowest BCUT2D eigenvalue weighted by atomic mass is 9.95. The minimum absolute atomic E-state index is 0.0497. The molecule has 0 aliphatic heterocycles. The van der Waals surface area contributed by atoms with Crippen molar-refractivity contribution in [2.75, 3.05) is 0 Å². The van der Waals surface area contributed by atoms with E-state index in [1.165, 1.54) is 24.8 Å². The van der Waals surface area contributed by atoms with Gasteiger partial charge in [0.05, 0.1) is 30.4 Å². The van der Waals surface area contributed by atoms with Gasteiger partial charge in [-0.1, -0.05) is 37.8 Å². The molecule has 1 aliphatic carbocycles. The molecule has 8 heteroatoms. The predicted octanol–water partition coefficient (Wildman–Crippen LogP) is 5.38. The van der Waals surface area contributed by atoms with Crippen LogP contribution < -0.4 is 5.56 Å². The summed E-state index contributed by atoms with van der Waals surface area (Å²) >= 11 is 0. The fourth-order valence-corrected chi connectivity index (χ4v) is 5.56. The standard InChI is InChI=1S/C27H34N6O2/c1-4-24(26-29-30-31-33(26)22-9-6-5-7-10-22)32(17-23-11-8-12-35-23)16-21-15-20-14-18(2)13-19(3)25(20)28-27(21)34/h8,11-15,22,24H,4-7,9-10,16-17H2,1-3H3,(H,28,34)/t24-/m0/s1. The van der Waals surface area contributed by atoms with Crippen molar-refractivity contribution >= 4 is 10.9 Å². The van der Waals surface area contributed by atoms with E-state index in [2.05, 4.69) is 51.4 Å². The zero-order chi connectivity index (χ0) is 24.4. The minimum Gasteiger partial charge on any atom is -0.468 e. The second-order valence-corrected chi connectivity index (χ2v) is 9.85. The Hall–Kier alpha value is -3.26. The van der Waals surface area contributed by atoms with E-state index < -0.39 is 0 Å². The molecular weight excluding hydrogens is 440 g/mol. The van der Waals surface area contributed by atoms with Crippen molar-refractivity contribution in [3.05, 3.63) is 75.2 Å². The molecule has 8 nitrogen and oxygen atoms in total. The van der Waals surface area contributed by atoms with Gasteiger partial charge in [-0.2, -0.15) is 0 Å². The normalized spacial score (nSPS) is 15.8. The number of nitrogens with one attached hydrogen (secondary N) is 1. The van der Waals surface area contributed by atoms with Crippen LogP contribution in [-0.4, -0.2) is 30.1 Å². The van der Waals surface area contributed by atoms with Gasteiger partial charge >= 0.3 is 0 Å². The van der Waals surface area contributed by atoms with E-state index in [4.69, 9.17) is 4.42 Å². The molecule has 1 aromatic carbocycles. The zero-order valence-electron chi connectivity index (χ0n) is 20.8. The number of fused-ring (bicyclic) bond motifs is 1. The summed E-state index contributed by atoms with van der Waals surface area (Å²) in [7, 11) is 0. The number of nitrogens with zero attached hydrogens (tertiary/aromatic N) is 5. The summed E-state index contributed by atoms with van der Waals surface area (Å²) in [5, 5.41) is 14.0. The number of aromatic amines is 1. The Morgan fingerprint density at radius 2 is 2.00 bits per heavy atom. The van der Waals surface area contributed by atoms with Crippen LogP contribution in [0.5, 0.6) is 0 Å². The Labute approximate surface area is 205 Å². The topological polar surface area (TPSA) is 92.8 Å². The van der Waals surface area contributed by atoms with E-state index in [1.54, 1.807) is 6.26 Å². The summed E-state index contributed by atoms with van der Waals surface area (Å²) in [4.78, 5) is 18.6. The summed E-state index contributed by atoms with van der Waals surface area (Å²) in [5.74, 6) is 1.72. The Bertz CT molecular complexity index is 1330. The first-order valence-electron chi connectivity index (χ1n) is 12.7. The Morgan fingerprint density at radius 1 is 1.17 bits per heavy atom. The maximum atomic E-state index is 13.2. The highest BCUT2D eigenvalue weighted by atomic mass is 16.3. The summed E-state index contributed by atoms with van der Waals surface area (Å²) in [6.45, 7) is 7.30. The van der Waals surface area contributed by atoms with Crippen LogP contribution in [0.4, 0.5) is 0 Å². The van der Waals surface area contributed by atoms with Crippen LogP contribution in [0.3, 0.4) is 0 Å². The molecule has 0 saturated heterocycles. The SMILES string of the molecule is CC[C@@H](c1nnnn1C1CCCCC1)N(Cc1ccco1)Cc1cc2cc(C)cc(C)c2[nH]c1=O. The number of aryl methyl sites for hydroxylation is 2. The van der Waals surface area contributed by atoms with Gasteiger partial charge in [-0.05, 0) is 78.8 Å². The second-order valence-electron chi connectivity index (χ2n) is 9.85. The lowest BCUT2D eigenvalue weighted by Gasteiger charge is -2.31.